The highest BCUT2D eigenvalue weighted by atomic mass is 127. The lowest BCUT2D eigenvalue weighted by molar-refractivity contribution is 0.0378. The average Bonchev–Trinajstić information content (AvgIpc) is 3.23. The van der Waals surface area contributed by atoms with Gasteiger partial charge >= 0.3 is 0 Å². The summed E-state index contributed by atoms with van der Waals surface area (Å²) in [6, 6.07) is 13.5. The molecular weight excluding hydrogens is 457 g/mol. The lowest BCUT2D eigenvalue weighted by Crippen LogP contribution is -2.44. The number of aryl methyl sites for hydroxylation is 1. The molecule has 0 radical (unpaired) electrons. The Morgan fingerprint density at radius 2 is 1.93 bits per heavy atom. The maximum absolute atomic E-state index is 10.6. The van der Waals surface area contributed by atoms with Gasteiger partial charge in [-0.15, -0.1) is 24.0 Å². The molecule has 2 aromatic heterocycles. The fraction of sp³-hybridized carbons (Fsp3) is 0.350. The maximum Gasteiger partial charge on any atom is 0.191 e. The van der Waals surface area contributed by atoms with E-state index in [1.54, 1.807) is 13.0 Å². The van der Waals surface area contributed by atoms with Crippen molar-refractivity contribution in [1.29, 1.82) is 0 Å². The summed E-state index contributed by atoms with van der Waals surface area (Å²) in [5, 5.41) is 18.0. The number of nitrogens with one attached hydrogen (secondary N) is 2. The van der Waals surface area contributed by atoms with Crippen molar-refractivity contribution in [2.75, 3.05) is 13.1 Å². The van der Waals surface area contributed by atoms with Gasteiger partial charge in [-0.05, 0) is 45.0 Å². The second-order valence-electron chi connectivity index (χ2n) is 6.48. The molecule has 1 aromatic carbocycles. The Balaban J connectivity index is 0.00000261. The number of hydrogen-bond acceptors (Lipinski definition) is 4. The molecule has 7 heteroatoms. The normalized spacial score (nSPS) is 13.9. The lowest BCUT2D eigenvalue weighted by atomic mass is 10.0. The number of aliphatic hydroxyl groups is 1. The Hall–Kier alpha value is -2.00. The van der Waals surface area contributed by atoms with E-state index < -0.39 is 5.60 Å². The quantitative estimate of drug-likeness (QED) is 0.281. The van der Waals surface area contributed by atoms with Crippen LogP contribution in [0.4, 0.5) is 0 Å². The molecule has 0 aliphatic carbocycles. The van der Waals surface area contributed by atoms with Crippen LogP contribution in [0, 0.1) is 6.92 Å². The van der Waals surface area contributed by atoms with Crippen LogP contribution < -0.4 is 10.6 Å². The Bertz CT molecular complexity index is 866. The molecule has 3 rings (SSSR count). The van der Waals surface area contributed by atoms with Gasteiger partial charge in [0.2, 0.25) is 0 Å². The Labute approximate surface area is 176 Å². The summed E-state index contributed by atoms with van der Waals surface area (Å²) in [5.41, 5.74) is -0.282. The van der Waals surface area contributed by atoms with Crippen molar-refractivity contribution < 1.29 is 13.9 Å². The van der Waals surface area contributed by atoms with Gasteiger partial charge in [-0.3, -0.25) is 0 Å². The van der Waals surface area contributed by atoms with E-state index in [4.69, 9.17) is 8.83 Å². The molecule has 2 heterocycles. The largest absolute Gasteiger partial charge is 0.463 e. The van der Waals surface area contributed by atoms with Gasteiger partial charge in [0.05, 0.1) is 6.54 Å². The summed E-state index contributed by atoms with van der Waals surface area (Å²) in [4.78, 5) is 4.54. The lowest BCUT2D eigenvalue weighted by Gasteiger charge is -2.22. The van der Waals surface area contributed by atoms with Gasteiger partial charge < -0.3 is 24.6 Å². The standard InChI is InChI=1S/C20H25N3O3.HI/c1-4-21-19(23-13-20(3,24)18-10-9-14(2)25-18)22-12-16-11-15-7-5-6-8-17(15)26-16;/h5-11,24H,4,12-13H2,1-3H3,(H2,21,22,23);1H. The highest BCUT2D eigenvalue weighted by Crippen LogP contribution is 2.22. The van der Waals surface area contributed by atoms with Gasteiger partial charge in [-0.2, -0.15) is 0 Å². The van der Waals surface area contributed by atoms with Crippen molar-refractivity contribution in [3.05, 3.63) is 59.7 Å². The second kappa shape index (κ2) is 9.27. The molecule has 0 aliphatic rings. The molecule has 0 spiro atoms. The zero-order valence-corrected chi connectivity index (χ0v) is 18.1. The van der Waals surface area contributed by atoms with E-state index in [1.807, 2.05) is 50.2 Å². The van der Waals surface area contributed by atoms with Crippen LogP contribution in [-0.2, 0) is 12.1 Å². The SMILES string of the molecule is CCNC(=NCc1cc2ccccc2o1)NCC(C)(O)c1ccc(C)o1.I. The summed E-state index contributed by atoms with van der Waals surface area (Å²) in [5.74, 6) is 2.69. The van der Waals surface area contributed by atoms with Gasteiger partial charge in [0.15, 0.2) is 5.96 Å². The molecule has 1 unspecified atom stereocenters. The van der Waals surface area contributed by atoms with Crippen molar-refractivity contribution in [1.82, 2.24) is 10.6 Å². The Morgan fingerprint density at radius 1 is 1.15 bits per heavy atom. The number of para-hydroxylation sites is 1. The van der Waals surface area contributed by atoms with Crippen molar-refractivity contribution >= 4 is 40.9 Å². The molecule has 3 N–H and O–H groups in total. The first-order valence-corrected chi connectivity index (χ1v) is 8.77. The summed E-state index contributed by atoms with van der Waals surface area (Å²) in [6.07, 6.45) is 0. The molecule has 0 saturated carbocycles. The van der Waals surface area contributed by atoms with E-state index in [0.29, 0.717) is 24.8 Å². The Morgan fingerprint density at radius 3 is 2.59 bits per heavy atom. The molecule has 0 bridgehead atoms. The minimum atomic E-state index is -1.14. The third-order valence-electron chi connectivity index (χ3n) is 4.09. The van der Waals surface area contributed by atoms with Gasteiger partial charge in [0, 0.05) is 11.9 Å². The molecule has 27 heavy (non-hydrogen) atoms. The summed E-state index contributed by atoms with van der Waals surface area (Å²) < 4.78 is 11.3. The van der Waals surface area contributed by atoms with Gasteiger partial charge in [-0.1, -0.05) is 18.2 Å². The minimum Gasteiger partial charge on any atom is -0.463 e. The average molecular weight is 483 g/mol. The van der Waals surface area contributed by atoms with Gasteiger partial charge in [-0.25, -0.2) is 4.99 Å². The zero-order chi connectivity index (χ0) is 18.6. The monoisotopic (exact) mass is 483 g/mol. The molecular formula is C20H26IN3O3. The number of hydrogen-bond donors (Lipinski definition) is 3. The topological polar surface area (TPSA) is 82.9 Å². The molecule has 0 fully saturated rings. The highest BCUT2D eigenvalue weighted by molar-refractivity contribution is 14.0. The van der Waals surface area contributed by atoms with E-state index in [-0.39, 0.29) is 30.5 Å². The smallest absolute Gasteiger partial charge is 0.191 e. The Kier molecular flexibility index (Phi) is 7.32. The molecule has 1 atom stereocenters. The first-order chi connectivity index (χ1) is 12.5. The van der Waals surface area contributed by atoms with Gasteiger partial charge in [0.1, 0.15) is 35.0 Å². The first kappa shape index (κ1) is 21.3. The van der Waals surface area contributed by atoms with Crippen LogP contribution >= 0.6 is 24.0 Å². The number of fused-ring (bicyclic) bond motifs is 1. The molecule has 0 saturated heterocycles. The van der Waals surface area contributed by atoms with Crippen LogP contribution in [0.25, 0.3) is 11.0 Å². The zero-order valence-electron chi connectivity index (χ0n) is 15.8. The van der Waals surface area contributed by atoms with E-state index in [1.165, 1.54) is 0 Å². The van der Waals surface area contributed by atoms with Crippen LogP contribution in [0.3, 0.4) is 0 Å². The third-order valence-corrected chi connectivity index (χ3v) is 4.09. The molecule has 6 nitrogen and oxygen atoms in total. The number of aliphatic imine (C=N–C) groups is 1. The van der Waals surface area contributed by atoms with Crippen molar-refractivity contribution in [3.63, 3.8) is 0 Å². The summed E-state index contributed by atoms with van der Waals surface area (Å²) in [6.45, 7) is 6.95. The van der Waals surface area contributed by atoms with Crippen molar-refractivity contribution in [2.24, 2.45) is 4.99 Å². The van der Waals surface area contributed by atoms with E-state index in [0.717, 1.165) is 22.5 Å². The van der Waals surface area contributed by atoms with Crippen molar-refractivity contribution in [3.8, 4) is 0 Å². The number of guanidine groups is 1. The number of furan rings is 2. The van der Waals surface area contributed by atoms with Crippen molar-refractivity contribution in [2.45, 2.75) is 32.9 Å². The molecule has 3 aromatic rings. The first-order valence-electron chi connectivity index (χ1n) is 8.77. The van der Waals surface area contributed by atoms with E-state index in [9.17, 15) is 5.11 Å². The van der Waals surface area contributed by atoms with Crippen LogP contribution in [-0.4, -0.2) is 24.2 Å². The van der Waals surface area contributed by atoms with Crippen LogP contribution in [0.5, 0.6) is 0 Å². The second-order valence-corrected chi connectivity index (χ2v) is 6.48. The molecule has 0 amide bonds. The van der Waals surface area contributed by atoms with Crippen LogP contribution in [0.1, 0.15) is 31.1 Å². The summed E-state index contributed by atoms with van der Waals surface area (Å²) in [7, 11) is 0. The highest BCUT2D eigenvalue weighted by Gasteiger charge is 2.27. The summed E-state index contributed by atoms with van der Waals surface area (Å²) >= 11 is 0. The predicted octanol–water partition coefficient (Wildman–Crippen LogP) is 3.92. The fourth-order valence-electron chi connectivity index (χ4n) is 2.68. The van der Waals surface area contributed by atoms with Crippen LogP contribution in [0.15, 0.2) is 56.3 Å². The molecule has 0 aliphatic heterocycles. The maximum atomic E-state index is 10.6. The minimum absolute atomic E-state index is 0. The fourth-order valence-corrected chi connectivity index (χ4v) is 2.68. The number of benzene rings is 1. The van der Waals surface area contributed by atoms with Gasteiger partial charge in [0.25, 0.3) is 0 Å². The van der Waals surface area contributed by atoms with E-state index in [2.05, 4.69) is 15.6 Å². The third kappa shape index (κ3) is 5.49. The molecule has 146 valence electrons. The van der Waals surface area contributed by atoms with E-state index >= 15 is 0 Å². The predicted molar refractivity (Wildman–Crippen MR) is 117 cm³/mol. The van der Waals surface area contributed by atoms with Crippen LogP contribution in [0.2, 0.25) is 0 Å². The number of halogens is 1. The number of nitrogens with zero attached hydrogens (tertiary/aromatic N) is 1. The number of rotatable bonds is 6.